The van der Waals surface area contributed by atoms with E-state index in [0.29, 0.717) is 23.3 Å². The lowest BCUT2D eigenvalue weighted by molar-refractivity contribution is -0.0206. The van der Waals surface area contributed by atoms with E-state index in [-0.39, 0.29) is 11.0 Å². The van der Waals surface area contributed by atoms with Crippen molar-refractivity contribution in [2.45, 2.75) is 43.7 Å². The van der Waals surface area contributed by atoms with Crippen molar-refractivity contribution in [1.29, 1.82) is 0 Å². The van der Waals surface area contributed by atoms with Gasteiger partial charge in [-0.15, -0.1) is 5.10 Å². The molecule has 2 aliphatic heterocycles. The number of nitrogens with zero attached hydrogens (tertiary/aromatic N) is 5. The van der Waals surface area contributed by atoms with E-state index in [1.807, 2.05) is 0 Å². The minimum atomic E-state index is -3.99. The number of aliphatic hydroxyl groups excluding tert-OH is 1. The van der Waals surface area contributed by atoms with Gasteiger partial charge in [0, 0.05) is 34.4 Å². The van der Waals surface area contributed by atoms with Gasteiger partial charge in [-0.2, -0.15) is 4.98 Å². The number of rotatable bonds is 10. The second-order valence-corrected chi connectivity index (χ2v) is 15.0. The first-order valence-electron chi connectivity index (χ1n) is 12.2. The normalized spacial score (nSPS) is 31.3. The Labute approximate surface area is 224 Å². The molecule has 0 radical (unpaired) electrons. The molecule has 17 heteroatoms. The Morgan fingerprint density at radius 2 is 1.82 bits per heavy atom. The largest absolute Gasteiger partial charge is 0.387 e. The van der Waals surface area contributed by atoms with Gasteiger partial charge in [-0.25, -0.2) is 13.9 Å². The van der Waals surface area contributed by atoms with Crippen LogP contribution >= 0.6 is 26.8 Å². The van der Waals surface area contributed by atoms with Crippen LogP contribution in [0.25, 0.3) is 5.65 Å². The van der Waals surface area contributed by atoms with Gasteiger partial charge in [0.1, 0.15) is 18.3 Å². The number of hydrogen-bond donors (Lipinski definition) is 1. The molecule has 5 rings (SSSR count). The van der Waals surface area contributed by atoms with E-state index in [4.69, 9.17) is 34.4 Å². The summed E-state index contributed by atoms with van der Waals surface area (Å²) in [7, 11) is -4.36. The number of fused-ring (bicyclic) bond motifs is 2. The monoisotopic (exact) mass is 597 g/mol. The smallest absolute Gasteiger partial charge is 0.342 e. The Bertz CT molecular complexity index is 1250. The van der Waals surface area contributed by atoms with Gasteiger partial charge in [-0.3, -0.25) is 9.13 Å². The number of imidazole rings is 1. The molecule has 3 unspecified atom stereocenters. The predicted molar refractivity (Wildman–Crippen MR) is 134 cm³/mol. The fraction of sp³-hybridized carbons (Fsp3) is 0.762. The minimum Gasteiger partial charge on any atom is -0.387 e. The summed E-state index contributed by atoms with van der Waals surface area (Å²) in [5.74, 6) is 1.11. The fourth-order valence-electron chi connectivity index (χ4n) is 5.51. The van der Waals surface area contributed by atoms with Crippen molar-refractivity contribution in [1.82, 2.24) is 19.6 Å². The first-order chi connectivity index (χ1) is 18.1. The van der Waals surface area contributed by atoms with Crippen molar-refractivity contribution in [2.24, 2.45) is 11.8 Å². The van der Waals surface area contributed by atoms with E-state index in [1.165, 1.54) is 30.0 Å². The van der Waals surface area contributed by atoms with Crippen LogP contribution in [0.5, 0.6) is 0 Å². The fourth-order valence-corrected chi connectivity index (χ4v) is 9.71. The summed E-state index contributed by atoms with van der Waals surface area (Å²) in [4.78, 5) is 11.0. The number of alkyl halides is 1. The van der Waals surface area contributed by atoms with Gasteiger partial charge in [0.25, 0.3) is 0 Å². The lowest BCUT2D eigenvalue weighted by atomic mass is 10.0. The zero-order valence-electron chi connectivity index (χ0n) is 21.2. The van der Waals surface area contributed by atoms with Gasteiger partial charge in [-0.05, 0) is 36.3 Å². The Morgan fingerprint density at radius 1 is 1.16 bits per heavy atom. The predicted octanol–water partition coefficient (Wildman–Crippen LogP) is 3.45. The number of aliphatic hydroxyl groups is 1. The van der Waals surface area contributed by atoms with Gasteiger partial charge in [0.2, 0.25) is 5.28 Å². The molecule has 0 bridgehead atoms. The van der Waals surface area contributed by atoms with Crippen molar-refractivity contribution in [2.75, 3.05) is 51.8 Å². The Hall–Kier alpha value is -1.21. The van der Waals surface area contributed by atoms with Crippen LogP contribution in [0.1, 0.15) is 31.1 Å². The molecular formula is C21H31ClFN5O8P2. The molecule has 38 heavy (non-hydrogen) atoms. The van der Waals surface area contributed by atoms with E-state index in [1.54, 1.807) is 0 Å². The molecule has 0 aromatic carbocycles. The molecule has 0 amide bonds. The second-order valence-electron chi connectivity index (χ2n) is 9.72. The van der Waals surface area contributed by atoms with Crippen LogP contribution in [0.2, 0.25) is 5.28 Å². The quantitative estimate of drug-likeness (QED) is 0.400. The molecule has 1 aliphatic carbocycles. The molecule has 1 N–H and O–H groups in total. The third kappa shape index (κ3) is 5.27. The topological polar surface area (TPSA) is 147 Å². The first kappa shape index (κ1) is 28.3. The summed E-state index contributed by atoms with van der Waals surface area (Å²) in [6.45, 7) is 1.18. The van der Waals surface area contributed by atoms with Gasteiger partial charge < -0.3 is 32.8 Å². The molecule has 1 saturated carbocycles. The summed E-state index contributed by atoms with van der Waals surface area (Å²) in [5, 5.41) is 14.8. The van der Waals surface area contributed by atoms with Crippen molar-refractivity contribution >= 4 is 38.3 Å². The average Bonchev–Trinajstić information content (AvgIpc) is 3.67. The first-order valence-corrected chi connectivity index (χ1v) is 16.1. The van der Waals surface area contributed by atoms with Crippen LogP contribution in [0.3, 0.4) is 0 Å². The summed E-state index contributed by atoms with van der Waals surface area (Å²) in [6.07, 6.45) is -0.970. The second kappa shape index (κ2) is 11.0. The van der Waals surface area contributed by atoms with Crippen LogP contribution in [-0.4, -0.2) is 90.0 Å². The molecule has 3 aliphatic rings. The SMILES string of the molecule is COP(=O)(CP(=O)(OC)OC[C@H]1O[C@@H](c2cnc3c(N4CC5CCCC5C4)nc(Cl)nn23)[C@@H](F)[C@@H]1O)OC. The van der Waals surface area contributed by atoms with E-state index < -0.39 is 52.2 Å². The zero-order chi connectivity index (χ0) is 27.2. The van der Waals surface area contributed by atoms with Crippen LogP contribution in [-0.2, 0) is 32.0 Å². The summed E-state index contributed by atoms with van der Waals surface area (Å²) >= 11 is 6.25. The molecule has 7 atom stereocenters. The van der Waals surface area contributed by atoms with Crippen LogP contribution in [0.15, 0.2) is 6.20 Å². The molecule has 13 nitrogen and oxygen atoms in total. The number of aromatic nitrogens is 4. The Morgan fingerprint density at radius 3 is 2.45 bits per heavy atom. The van der Waals surface area contributed by atoms with Crippen LogP contribution < -0.4 is 4.90 Å². The summed E-state index contributed by atoms with van der Waals surface area (Å²) in [5.41, 5.74) is 0.644. The highest BCUT2D eigenvalue weighted by Gasteiger charge is 2.48. The lowest BCUT2D eigenvalue weighted by Crippen LogP contribution is -2.31. The van der Waals surface area contributed by atoms with E-state index in [0.717, 1.165) is 34.4 Å². The highest BCUT2D eigenvalue weighted by atomic mass is 35.5. The zero-order valence-corrected chi connectivity index (χ0v) is 23.7. The maximum Gasteiger partial charge on any atom is 0.342 e. The lowest BCUT2D eigenvalue weighted by Gasteiger charge is -2.22. The molecule has 3 fully saturated rings. The van der Waals surface area contributed by atoms with Crippen molar-refractivity contribution in [3.63, 3.8) is 0 Å². The van der Waals surface area contributed by atoms with Gasteiger partial charge in [0.15, 0.2) is 23.5 Å². The molecule has 4 heterocycles. The third-order valence-electron chi connectivity index (χ3n) is 7.60. The van der Waals surface area contributed by atoms with Crippen LogP contribution in [0.4, 0.5) is 10.2 Å². The average molecular weight is 598 g/mol. The molecule has 2 aromatic rings. The molecular weight excluding hydrogens is 567 g/mol. The van der Waals surface area contributed by atoms with E-state index >= 15 is 4.39 Å². The maximum absolute atomic E-state index is 15.3. The van der Waals surface area contributed by atoms with Gasteiger partial charge >= 0.3 is 15.2 Å². The van der Waals surface area contributed by atoms with Crippen LogP contribution in [0, 0.1) is 11.8 Å². The standard InChI is InChI=1S/C21H31ClFN5O8P2/c1-32-37(30,33-2)11-38(31,34-3)35-10-15-17(29)16(23)18(36-15)14-7-24-19-20(25-21(22)26-28(14)19)27-8-12-5-4-6-13(12)9-27/h7,12-13,15-18,29H,4-6,8-11H2,1-3H3/t12?,13?,15-,16+,17-,18+,38?/m1/s1. The number of halogens is 2. The Balaban J connectivity index is 1.34. The Kier molecular flexibility index (Phi) is 8.19. The van der Waals surface area contributed by atoms with Crippen molar-refractivity contribution in [3.05, 3.63) is 17.2 Å². The molecule has 2 saturated heterocycles. The highest BCUT2D eigenvalue weighted by molar-refractivity contribution is 7.71. The van der Waals surface area contributed by atoms with E-state index in [2.05, 4.69) is 20.0 Å². The third-order valence-corrected chi connectivity index (χ3v) is 12.7. The minimum absolute atomic E-state index is 0.0283. The van der Waals surface area contributed by atoms with Gasteiger partial charge in [0.05, 0.1) is 18.5 Å². The summed E-state index contributed by atoms with van der Waals surface area (Å²) < 4.78 is 67.8. The van der Waals surface area contributed by atoms with Crippen molar-refractivity contribution < 1.29 is 41.5 Å². The van der Waals surface area contributed by atoms with Crippen molar-refractivity contribution in [3.8, 4) is 0 Å². The number of hydrogen-bond acceptors (Lipinski definition) is 12. The number of anilines is 1. The molecule has 212 valence electrons. The van der Waals surface area contributed by atoms with E-state index in [9.17, 15) is 14.2 Å². The maximum atomic E-state index is 15.3. The summed E-state index contributed by atoms with van der Waals surface area (Å²) in [6, 6.07) is 0. The highest BCUT2D eigenvalue weighted by Crippen LogP contribution is 2.63. The molecule has 0 spiro atoms. The van der Waals surface area contributed by atoms with Gasteiger partial charge in [-0.1, -0.05) is 6.42 Å². The molecule has 2 aromatic heterocycles. The number of ether oxygens (including phenoxy) is 1.